The number of piperazine rings is 1. The molecule has 2 aliphatic carbocycles. The molecular formula is C47H68ClN4O10+. The predicted molar refractivity (Wildman–Crippen MR) is 227 cm³/mol. The molecule has 0 unspecified atom stereocenters. The average Bonchev–Trinajstić information content (AvgIpc) is 3.63. The summed E-state index contributed by atoms with van der Waals surface area (Å²) in [5.74, 6) is 0.441. The molecule has 4 bridgehead atoms. The summed E-state index contributed by atoms with van der Waals surface area (Å²) in [5.41, 5.74) is 0.675. The Morgan fingerprint density at radius 2 is 1.39 bits per heavy atom. The minimum absolute atomic E-state index is 0.0602. The highest BCUT2D eigenvalue weighted by atomic mass is 35.5. The van der Waals surface area contributed by atoms with Crippen LogP contribution in [0.2, 0.25) is 5.02 Å². The SMILES string of the molecule is C[C@H]1[C@@H](O[N+]2(CCO[C@H]3O[C@H]4O[C@]5(C)CC[C@H]6[C@H](C)CC[C@@H]([C@H]3C)[C@@]46OO5)CCN(CCNc3ccnc4cc(Cl)ccc34)CC2)O[C@@H]2O[C@]3(C)CC[C@H]4[C@H](C)CC[C@@H]1[C@@]24OO3. The van der Waals surface area contributed by atoms with Crippen molar-refractivity contribution in [2.75, 3.05) is 57.7 Å². The number of fused-ring (bicyclic) bond motifs is 5. The van der Waals surface area contributed by atoms with Gasteiger partial charge in [0.05, 0.1) is 18.6 Å². The van der Waals surface area contributed by atoms with E-state index in [1.54, 1.807) is 0 Å². The molecule has 1 aromatic heterocycles. The van der Waals surface area contributed by atoms with Crippen molar-refractivity contribution in [1.82, 2.24) is 9.88 Å². The summed E-state index contributed by atoms with van der Waals surface area (Å²) >= 11 is 6.27. The van der Waals surface area contributed by atoms with Crippen LogP contribution in [0.25, 0.3) is 10.9 Å². The van der Waals surface area contributed by atoms with E-state index in [4.69, 9.17) is 59.7 Å². The second-order valence-corrected chi connectivity index (χ2v) is 21.5. The molecule has 9 aliphatic heterocycles. The molecule has 2 spiro atoms. The van der Waals surface area contributed by atoms with Crippen LogP contribution in [-0.2, 0) is 48.1 Å². The van der Waals surface area contributed by atoms with E-state index in [1.165, 1.54) is 0 Å². The summed E-state index contributed by atoms with van der Waals surface area (Å²) in [5, 5.41) is 5.42. The predicted octanol–water partition coefficient (Wildman–Crippen LogP) is 7.80. The number of nitrogens with zero attached hydrogens (tertiary/aromatic N) is 3. The number of quaternary nitrogens is 1. The molecule has 1 N–H and O–H groups in total. The van der Waals surface area contributed by atoms with Crippen LogP contribution in [0.3, 0.4) is 0 Å². The second kappa shape index (κ2) is 16.0. The van der Waals surface area contributed by atoms with Crippen molar-refractivity contribution in [2.45, 2.75) is 141 Å². The molecule has 11 aliphatic rings. The molecule has 0 amide bonds. The Hall–Kier alpha value is -1.76. The number of hydrogen-bond donors (Lipinski definition) is 1. The Labute approximate surface area is 371 Å². The zero-order valence-electron chi connectivity index (χ0n) is 37.4. The maximum Gasteiger partial charge on any atom is 0.220 e. The van der Waals surface area contributed by atoms with Crippen LogP contribution in [0.15, 0.2) is 30.5 Å². The summed E-state index contributed by atoms with van der Waals surface area (Å²) in [7, 11) is 0. The van der Waals surface area contributed by atoms with E-state index in [0.29, 0.717) is 46.5 Å². The highest BCUT2D eigenvalue weighted by Gasteiger charge is 2.71. The normalized spacial score (nSPS) is 47.0. The van der Waals surface area contributed by atoms with E-state index < -0.39 is 47.9 Å². The lowest BCUT2D eigenvalue weighted by molar-refractivity contribution is -1.12. The van der Waals surface area contributed by atoms with E-state index in [-0.39, 0.29) is 23.7 Å². The summed E-state index contributed by atoms with van der Waals surface area (Å²) in [4.78, 5) is 39.6. The van der Waals surface area contributed by atoms with Gasteiger partial charge in [0.2, 0.25) is 17.9 Å². The highest BCUT2D eigenvalue weighted by molar-refractivity contribution is 6.31. The van der Waals surface area contributed by atoms with E-state index >= 15 is 0 Å². The number of halogens is 1. The van der Waals surface area contributed by atoms with Crippen LogP contribution in [-0.4, -0.2) is 115 Å². The summed E-state index contributed by atoms with van der Waals surface area (Å²) < 4.78 is 34.6. The Morgan fingerprint density at radius 3 is 2.03 bits per heavy atom. The van der Waals surface area contributed by atoms with Crippen LogP contribution in [0.5, 0.6) is 0 Å². The minimum atomic E-state index is -0.848. The van der Waals surface area contributed by atoms with Gasteiger partial charge in [0.15, 0.2) is 30.1 Å². The fourth-order valence-electron chi connectivity index (χ4n) is 13.7. The lowest BCUT2D eigenvalue weighted by Crippen LogP contribution is -2.72. The molecule has 9 saturated heterocycles. The van der Waals surface area contributed by atoms with Crippen LogP contribution in [0, 0.1) is 47.3 Å². The topological polar surface area (TPSA) is 120 Å². The van der Waals surface area contributed by atoms with Gasteiger partial charge in [0.1, 0.15) is 26.2 Å². The summed E-state index contributed by atoms with van der Waals surface area (Å²) in [6.07, 6.45) is 7.67. The molecule has 1 aromatic carbocycles. The lowest BCUT2D eigenvalue weighted by atomic mass is 9.58. The molecule has 2 saturated carbocycles. The van der Waals surface area contributed by atoms with Crippen LogP contribution in [0.1, 0.15) is 92.9 Å². The zero-order chi connectivity index (χ0) is 42.6. The third-order valence-electron chi connectivity index (χ3n) is 17.4. The molecule has 15 heteroatoms. The van der Waals surface area contributed by atoms with Gasteiger partial charge in [-0.05, 0) is 100 Å². The first kappa shape index (κ1) is 42.8. The van der Waals surface area contributed by atoms with Crippen molar-refractivity contribution in [2.24, 2.45) is 47.3 Å². The molecule has 0 radical (unpaired) electrons. The van der Waals surface area contributed by atoms with Gasteiger partial charge < -0.3 is 29.0 Å². The minimum Gasteiger partial charge on any atom is -0.383 e. The van der Waals surface area contributed by atoms with Crippen LogP contribution >= 0.6 is 11.6 Å². The van der Waals surface area contributed by atoms with Gasteiger partial charge in [-0.15, -0.1) is 0 Å². The third kappa shape index (κ3) is 6.99. The molecule has 2 aromatic rings. The fraction of sp³-hybridized carbons (Fsp3) is 0.809. The lowest BCUT2D eigenvalue weighted by Gasteiger charge is -2.60. The van der Waals surface area contributed by atoms with Gasteiger partial charge in [-0.3, -0.25) is 9.88 Å². The number of rotatable bonds is 10. The largest absolute Gasteiger partial charge is 0.383 e. The van der Waals surface area contributed by atoms with Gasteiger partial charge in [-0.25, -0.2) is 19.6 Å². The number of aromatic nitrogens is 1. The van der Waals surface area contributed by atoms with E-state index in [1.807, 2.05) is 44.3 Å². The molecule has 11 fully saturated rings. The van der Waals surface area contributed by atoms with Crippen molar-refractivity contribution in [3.8, 4) is 0 Å². The molecule has 342 valence electrons. The molecule has 10 heterocycles. The second-order valence-electron chi connectivity index (χ2n) is 21.0. The Morgan fingerprint density at radius 1 is 0.774 bits per heavy atom. The van der Waals surface area contributed by atoms with Crippen molar-refractivity contribution >= 4 is 28.2 Å². The number of anilines is 1. The highest BCUT2D eigenvalue weighted by Crippen LogP contribution is 2.62. The van der Waals surface area contributed by atoms with Crippen LogP contribution in [0.4, 0.5) is 5.69 Å². The zero-order valence-corrected chi connectivity index (χ0v) is 38.2. The fourth-order valence-corrected chi connectivity index (χ4v) is 13.9. The summed E-state index contributed by atoms with van der Waals surface area (Å²) in [6, 6.07) is 7.90. The van der Waals surface area contributed by atoms with Crippen molar-refractivity contribution < 1.29 is 52.7 Å². The smallest absolute Gasteiger partial charge is 0.220 e. The first-order chi connectivity index (χ1) is 29.8. The molecule has 62 heavy (non-hydrogen) atoms. The van der Waals surface area contributed by atoms with E-state index in [2.05, 4.69) is 42.9 Å². The molecular weight excluding hydrogens is 816 g/mol. The average molecular weight is 885 g/mol. The Balaban J connectivity index is 0.807. The maximum atomic E-state index is 7.40. The number of nitrogens with one attached hydrogen (secondary N) is 1. The number of pyridine rings is 1. The Kier molecular flexibility index (Phi) is 11.0. The van der Waals surface area contributed by atoms with E-state index in [9.17, 15) is 0 Å². The number of hydroxylamine groups is 3. The van der Waals surface area contributed by atoms with Gasteiger partial charge in [-0.1, -0.05) is 39.3 Å². The molecule has 14 nitrogen and oxygen atoms in total. The van der Waals surface area contributed by atoms with Gasteiger partial charge in [0.25, 0.3) is 0 Å². The molecule has 13 rings (SSSR count). The van der Waals surface area contributed by atoms with Gasteiger partial charge in [-0.2, -0.15) is 9.48 Å². The molecule has 16 atom stereocenters. The van der Waals surface area contributed by atoms with Crippen molar-refractivity contribution in [3.63, 3.8) is 0 Å². The standard InChI is InChI=1S/C47H68ClN4O10/c1-28-7-11-36-30(3)40(54-42-46(36)34(28)13-16-44(5,56-42)59-61-46)53-26-25-52(23-21-51(22-24-52)20-19-50-38-15-18-49-39-27-32(48)9-10-33(38)39)58-41-31(4)37-12-8-29(2)35-14-17-45(6)57-43(55-41)47(35,37)62-60-45/h9-10,15,18,27-31,34-37,40-43H,7-8,11-14,16-17,19-26H2,1-6H3,(H,49,50)/q+1/t28-,29-,30-,31-,34+,35+,36+,37+,40+,41-,42+,43-,44+,45+,46-,47-/m1/s1. The summed E-state index contributed by atoms with van der Waals surface area (Å²) in [6.45, 7) is 19.3. The first-order valence-electron chi connectivity index (χ1n) is 23.9. The first-order valence-corrected chi connectivity index (χ1v) is 24.3. The van der Waals surface area contributed by atoms with Crippen molar-refractivity contribution in [1.29, 1.82) is 0 Å². The maximum absolute atomic E-state index is 7.40. The number of hydrogen-bond acceptors (Lipinski definition) is 13. The third-order valence-corrected chi connectivity index (χ3v) is 17.6. The monoisotopic (exact) mass is 883 g/mol. The quantitative estimate of drug-likeness (QED) is 0.185. The number of ether oxygens (including phenoxy) is 5. The number of benzene rings is 1. The van der Waals surface area contributed by atoms with Crippen molar-refractivity contribution in [3.05, 3.63) is 35.5 Å². The van der Waals surface area contributed by atoms with Gasteiger partial charge >= 0.3 is 0 Å². The Bertz CT molecular complexity index is 1980. The van der Waals surface area contributed by atoms with E-state index in [0.717, 1.165) is 107 Å². The van der Waals surface area contributed by atoms with Gasteiger partial charge in [0, 0.05) is 71.9 Å². The van der Waals surface area contributed by atoms with Crippen LogP contribution < -0.4 is 5.32 Å².